The van der Waals surface area contributed by atoms with Crippen LogP contribution in [0.5, 0.6) is 5.75 Å². The lowest BCUT2D eigenvalue weighted by atomic mass is 9.87. The third-order valence-corrected chi connectivity index (χ3v) is 5.39. The first kappa shape index (κ1) is 14.9. The summed E-state index contributed by atoms with van der Waals surface area (Å²) in [7, 11) is 1.72. The van der Waals surface area contributed by atoms with Gasteiger partial charge in [0.1, 0.15) is 5.75 Å². The normalized spacial score (nSPS) is 25.9. The molecule has 3 rings (SSSR count). The lowest BCUT2D eigenvalue weighted by molar-refractivity contribution is 0.126. The molecular weight excluding hydrogens is 260 g/mol. The molecule has 2 unspecified atom stereocenters. The molecule has 1 aromatic rings. The molecule has 2 fully saturated rings. The number of ether oxygens (including phenoxy) is 1. The van der Waals surface area contributed by atoms with Crippen LogP contribution in [0.1, 0.15) is 44.2 Å². The third kappa shape index (κ3) is 3.41. The number of hydrogen-bond donors (Lipinski definition) is 1. The Labute approximate surface area is 128 Å². The highest BCUT2D eigenvalue weighted by Gasteiger charge is 2.29. The predicted octanol–water partition coefficient (Wildman–Crippen LogP) is 3.22. The van der Waals surface area contributed by atoms with Crippen LogP contribution in [-0.4, -0.2) is 37.7 Å². The van der Waals surface area contributed by atoms with Gasteiger partial charge in [-0.25, -0.2) is 0 Å². The zero-order valence-corrected chi connectivity index (χ0v) is 13.3. The number of rotatable bonds is 4. The largest absolute Gasteiger partial charge is 0.497 e. The molecule has 2 atom stereocenters. The molecule has 2 saturated heterocycles. The van der Waals surface area contributed by atoms with Gasteiger partial charge in [0.25, 0.3) is 0 Å². The molecule has 0 amide bonds. The highest BCUT2D eigenvalue weighted by molar-refractivity contribution is 5.28. The number of likely N-dealkylation sites (tertiary alicyclic amines) is 1. The number of nitrogens with one attached hydrogen (secondary N) is 1. The Kier molecular flexibility index (Phi) is 4.81. The topological polar surface area (TPSA) is 24.5 Å². The molecule has 3 nitrogen and oxygen atoms in total. The number of methoxy groups -OCH3 is 1. The van der Waals surface area contributed by atoms with Crippen LogP contribution in [0.25, 0.3) is 0 Å². The van der Waals surface area contributed by atoms with Gasteiger partial charge in [-0.1, -0.05) is 12.1 Å². The van der Waals surface area contributed by atoms with Crippen molar-refractivity contribution in [1.29, 1.82) is 0 Å². The van der Waals surface area contributed by atoms with Crippen LogP contribution in [0, 0.1) is 5.92 Å². The van der Waals surface area contributed by atoms with E-state index in [1.165, 1.54) is 50.9 Å². The van der Waals surface area contributed by atoms with Crippen LogP contribution in [0.15, 0.2) is 24.3 Å². The zero-order valence-electron chi connectivity index (χ0n) is 13.3. The molecule has 0 bridgehead atoms. The Bertz CT molecular complexity index is 431. The molecule has 3 heteroatoms. The summed E-state index contributed by atoms with van der Waals surface area (Å²) in [5, 5.41) is 3.68. The van der Waals surface area contributed by atoms with Gasteiger partial charge in [0.2, 0.25) is 0 Å². The van der Waals surface area contributed by atoms with Crippen LogP contribution in [0.3, 0.4) is 0 Å². The van der Waals surface area contributed by atoms with Crippen molar-refractivity contribution < 1.29 is 4.74 Å². The summed E-state index contributed by atoms with van der Waals surface area (Å²) in [6.07, 6.45) is 5.45. The van der Waals surface area contributed by atoms with Gasteiger partial charge in [-0.05, 0) is 75.9 Å². The molecule has 0 aromatic heterocycles. The zero-order chi connectivity index (χ0) is 14.7. The summed E-state index contributed by atoms with van der Waals surface area (Å²) in [6.45, 7) is 6.02. The van der Waals surface area contributed by atoms with Crippen molar-refractivity contribution >= 4 is 0 Å². The van der Waals surface area contributed by atoms with E-state index in [9.17, 15) is 0 Å². The summed E-state index contributed by atoms with van der Waals surface area (Å²) in [6, 6.07) is 9.85. The summed E-state index contributed by atoms with van der Waals surface area (Å²) < 4.78 is 5.24. The van der Waals surface area contributed by atoms with E-state index in [1.807, 2.05) is 0 Å². The molecule has 2 heterocycles. The van der Waals surface area contributed by atoms with Crippen LogP contribution in [0.4, 0.5) is 0 Å². The van der Waals surface area contributed by atoms with Gasteiger partial charge >= 0.3 is 0 Å². The van der Waals surface area contributed by atoms with Gasteiger partial charge in [-0.3, -0.25) is 4.90 Å². The minimum atomic E-state index is 0.508. The van der Waals surface area contributed by atoms with Crippen molar-refractivity contribution in [3.63, 3.8) is 0 Å². The van der Waals surface area contributed by atoms with Gasteiger partial charge in [0, 0.05) is 12.1 Å². The number of piperidine rings is 1. The highest BCUT2D eigenvalue weighted by atomic mass is 16.5. The SMILES string of the molecule is COc1ccc(C(C)N2CCC(C3CCCN3)CC2)cc1. The molecule has 0 spiro atoms. The highest BCUT2D eigenvalue weighted by Crippen LogP contribution is 2.30. The predicted molar refractivity (Wildman–Crippen MR) is 86.7 cm³/mol. The molecule has 1 aromatic carbocycles. The average Bonchev–Trinajstić information content (AvgIpc) is 3.09. The van der Waals surface area contributed by atoms with Gasteiger partial charge in [0.15, 0.2) is 0 Å². The molecule has 21 heavy (non-hydrogen) atoms. The number of benzene rings is 1. The summed E-state index contributed by atoms with van der Waals surface area (Å²) in [5.41, 5.74) is 1.40. The molecule has 0 radical (unpaired) electrons. The lowest BCUT2D eigenvalue weighted by Crippen LogP contribution is -2.41. The Balaban J connectivity index is 1.55. The van der Waals surface area contributed by atoms with Crippen molar-refractivity contribution in [1.82, 2.24) is 10.2 Å². The van der Waals surface area contributed by atoms with E-state index in [4.69, 9.17) is 4.74 Å². The monoisotopic (exact) mass is 288 g/mol. The van der Waals surface area contributed by atoms with Crippen LogP contribution >= 0.6 is 0 Å². The second-order valence-corrected chi connectivity index (χ2v) is 6.53. The smallest absolute Gasteiger partial charge is 0.118 e. The van der Waals surface area contributed by atoms with E-state index in [1.54, 1.807) is 7.11 Å². The maximum absolute atomic E-state index is 5.24. The molecule has 0 aliphatic carbocycles. The van der Waals surface area contributed by atoms with E-state index in [0.29, 0.717) is 6.04 Å². The molecule has 1 N–H and O–H groups in total. The minimum Gasteiger partial charge on any atom is -0.497 e. The Morgan fingerprint density at radius 2 is 1.86 bits per heavy atom. The minimum absolute atomic E-state index is 0.508. The number of hydrogen-bond acceptors (Lipinski definition) is 3. The second kappa shape index (κ2) is 6.80. The fourth-order valence-corrected chi connectivity index (χ4v) is 3.92. The lowest BCUT2D eigenvalue weighted by Gasteiger charge is -2.38. The fraction of sp³-hybridized carbons (Fsp3) is 0.667. The van der Waals surface area contributed by atoms with Crippen LogP contribution < -0.4 is 10.1 Å². The van der Waals surface area contributed by atoms with E-state index < -0.39 is 0 Å². The second-order valence-electron chi connectivity index (χ2n) is 6.53. The quantitative estimate of drug-likeness (QED) is 0.920. The van der Waals surface area contributed by atoms with Crippen LogP contribution in [-0.2, 0) is 0 Å². The van der Waals surface area contributed by atoms with Gasteiger partial charge in [0.05, 0.1) is 7.11 Å². The maximum Gasteiger partial charge on any atom is 0.118 e. The third-order valence-electron chi connectivity index (χ3n) is 5.39. The van der Waals surface area contributed by atoms with E-state index in [0.717, 1.165) is 17.7 Å². The molecular formula is C18H28N2O. The van der Waals surface area contributed by atoms with Crippen molar-refractivity contribution in [2.75, 3.05) is 26.7 Å². The molecule has 2 aliphatic heterocycles. The van der Waals surface area contributed by atoms with E-state index >= 15 is 0 Å². The van der Waals surface area contributed by atoms with E-state index in [2.05, 4.69) is 41.4 Å². The van der Waals surface area contributed by atoms with Gasteiger partial charge in [-0.15, -0.1) is 0 Å². The first-order valence-corrected chi connectivity index (χ1v) is 8.39. The maximum atomic E-state index is 5.24. The standard InChI is InChI=1S/C18H28N2O/c1-14(15-5-7-17(21-2)8-6-15)20-12-9-16(10-13-20)18-4-3-11-19-18/h5-8,14,16,18-19H,3-4,9-13H2,1-2H3. The Hall–Kier alpha value is -1.06. The molecule has 0 saturated carbocycles. The summed E-state index contributed by atoms with van der Waals surface area (Å²) in [5.74, 6) is 1.84. The van der Waals surface area contributed by atoms with Gasteiger partial charge < -0.3 is 10.1 Å². The van der Waals surface area contributed by atoms with Crippen molar-refractivity contribution in [3.05, 3.63) is 29.8 Å². The number of nitrogens with zero attached hydrogens (tertiary/aromatic N) is 1. The Morgan fingerprint density at radius 3 is 2.43 bits per heavy atom. The Morgan fingerprint density at radius 1 is 1.14 bits per heavy atom. The van der Waals surface area contributed by atoms with Crippen LogP contribution in [0.2, 0.25) is 0 Å². The van der Waals surface area contributed by atoms with Crippen molar-refractivity contribution in [2.24, 2.45) is 5.92 Å². The van der Waals surface area contributed by atoms with Crippen molar-refractivity contribution in [2.45, 2.75) is 44.7 Å². The first-order valence-electron chi connectivity index (χ1n) is 8.39. The summed E-state index contributed by atoms with van der Waals surface area (Å²) >= 11 is 0. The van der Waals surface area contributed by atoms with Crippen molar-refractivity contribution in [3.8, 4) is 5.75 Å². The first-order chi connectivity index (χ1) is 10.3. The van der Waals surface area contributed by atoms with E-state index in [-0.39, 0.29) is 0 Å². The summed E-state index contributed by atoms with van der Waals surface area (Å²) in [4.78, 5) is 2.63. The van der Waals surface area contributed by atoms with Gasteiger partial charge in [-0.2, -0.15) is 0 Å². The molecule has 116 valence electrons. The average molecular weight is 288 g/mol. The fourth-order valence-electron chi connectivity index (χ4n) is 3.92. The molecule has 2 aliphatic rings.